The maximum Gasteiger partial charge on any atom is 0.269 e. The Hall–Kier alpha value is -3.65. The van der Waals surface area contributed by atoms with Crippen LogP contribution in [0.3, 0.4) is 0 Å². The Morgan fingerprint density at radius 1 is 1.13 bits per heavy atom. The van der Waals surface area contributed by atoms with E-state index < -0.39 is 4.92 Å². The van der Waals surface area contributed by atoms with Gasteiger partial charge in [-0.25, -0.2) is 4.99 Å². The number of amidine groups is 1. The molecule has 1 aliphatic rings. The molecule has 0 bridgehead atoms. The van der Waals surface area contributed by atoms with E-state index in [9.17, 15) is 14.9 Å². The smallest absolute Gasteiger partial charge is 0.269 e. The Balaban J connectivity index is 1.61. The highest BCUT2D eigenvalue weighted by Gasteiger charge is 2.24. The van der Waals surface area contributed by atoms with Gasteiger partial charge in [0.1, 0.15) is 0 Å². The quantitative estimate of drug-likeness (QED) is 0.371. The second kappa shape index (κ2) is 8.00. The summed E-state index contributed by atoms with van der Waals surface area (Å²) in [6.07, 6.45) is 3.63. The molecule has 4 rings (SSSR count). The lowest BCUT2D eigenvalue weighted by atomic mass is 10.1. The summed E-state index contributed by atoms with van der Waals surface area (Å²) in [7, 11) is 0. The predicted molar refractivity (Wildman–Crippen MR) is 119 cm³/mol. The van der Waals surface area contributed by atoms with Crippen molar-refractivity contribution in [3.63, 3.8) is 0 Å². The Kier molecular flexibility index (Phi) is 5.24. The maximum atomic E-state index is 12.5. The molecule has 3 aromatic rings. The van der Waals surface area contributed by atoms with Gasteiger partial charge in [0.15, 0.2) is 5.17 Å². The van der Waals surface area contributed by atoms with Crippen molar-refractivity contribution in [1.82, 2.24) is 9.88 Å². The van der Waals surface area contributed by atoms with Gasteiger partial charge in [-0.15, -0.1) is 0 Å². The number of hydrogen-bond acceptors (Lipinski definition) is 5. The molecule has 1 amide bonds. The minimum absolute atomic E-state index is 0.0313. The second-order valence-corrected chi connectivity index (χ2v) is 7.88. The molecule has 0 saturated carbocycles. The zero-order valence-corrected chi connectivity index (χ0v) is 17.1. The Morgan fingerprint density at radius 2 is 1.90 bits per heavy atom. The number of nitro benzene ring substituents is 1. The SMILES string of the molecule is Cc1ccc(C)c(N=C2NC(=O)/C(=C/c3cccn3-c3ccc([N+](=O)[O-])cc3)S2)c1. The Morgan fingerprint density at radius 3 is 2.63 bits per heavy atom. The number of thioether (sulfide) groups is 1. The minimum Gasteiger partial charge on any atom is -0.317 e. The number of nitrogens with zero attached hydrogens (tertiary/aromatic N) is 3. The highest BCUT2D eigenvalue weighted by Crippen LogP contribution is 2.30. The minimum atomic E-state index is -0.432. The molecule has 2 heterocycles. The largest absolute Gasteiger partial charge is 0.317 e. The van der Waals surface area contributed by atoms with Crippen LogP contribution in [0.15, 0.2) is 70.7 Å². The molecule has 1 N–H and O–H groups in total. The van der Waals surface area contributed by atoms with Gasteiger partial charge >= 0.3 is 0 Å². The number of benzene rings is 2. The fourth-order valence-electron chi connectivity index (χ4n) is 3.05. The van der Waals surface area contributed by atoms with Crippen LogP contribution in [0.25, 0.3) is 11.8 Å². The summed E-state index contributed by atoms with van der Waals surface area (Å²) in [6.45, 7) is 3.98. The molecule has 0 atom stereocenters. The number of hydrogen-bond donors (Lipinski definition) is 1. The summed E-state index contributed by atoms with van der Waals surface area (Å²) >= 11 is 1.28. The molecular formula is C22H18N4O3S. The lowest BCUT2D eigenvalue weighted by Gasteiger charge is -2.06. The van der Waals surface area contributed by atoms with Crippen molar-refractivity contribution in [3.05, 3.63) is 92.6 Å². The number of aromatic nitrogens is 1. The number of aliphatic imine (C=N–C) groups is 1. The monoisotopic (exact) mass is 418 g/mol. The fourth-order valence-corrected chi connectivity index (χ4v) is 3.87. The van der Waals surface area contributed by atoms with E-state index in [-0.39, 0.29) is 11.6 Å². The van der Waals surface area contributed by atoms with E-state index in [0.29, 0.717) is 10.1 Å². The molecule has 150 valence electrons. The van der Waals surface area contributed by atoms with E-state index in [0.717, 1.165) is 28.2 Å². The first kappa shape index (κ1) is 19.7. The number of non-ortho nitro benzene ring substituents is 1. The van der Waals surface area contributed by atoms with E-state index in [1.807, 2.05) is 54.9 Å². The highest BCUT2D eigenvalue weighted by molar-refractivity contribution is 8.18. The topological polar surface area (TPSA) is 89.5 Å². The number of nitro groups is 1. The second-order valence-electron chi connectivity index (χ2n) is 6.85. The molecular weight excluding hydrogens is 400 g/mol. The van der Waals surface area contributed by atoms with Crippen LogP contribution in [0, 0.1) is 24.0 Å². The van der Waals surface area contributed by atoms with Gasteiger partial charge in [-0.2, -0.15) is 0 Å². The van der Waals surface area contributed by atoms with Gasteiger partial charge in [0.25, 0.3) is 11.6 Å². The molecule has 30 heavy (non-hydrogen) atoms. The summed E-state index contributed by atoms with van der Waals surface area (Å²) in [5.74, 6) is -0.208. The third-order valence-electron chi connectivity index (χ3n) is 4.64. The number of carbonyl (C=O) groups is 1. The van der Waals surface area contributed by atoms with Crippen molar-refractivity contribution in [2.75, 3.05) is 0 Å². The standard InChI is InChI=1S/C22H18N4O3S/c1-14-5-6-15(2)19(12-14)23-22-24-21(27)20(30-22)13-18-4-3-11-25(18)16-7-9-17(10-8-16)26(28)29/h3-13H,1-2H3,(H,23,24,27)/b20-13-. The predicted octanol–water partition coefficient (Wildman–Crippen LogP) is 4.89. The van der Waals surface area contributed by atoms with Crippen LogP contribution < -0.4 is 5.32 Å². The van der Waals surface area contributed by atoms with Crippen LogP contribution >= 0.6 is 11.8 Å². The van der Waals surface area contributed by atoms with Gasteiger partial charge in [-0.05, 0) is 73.1 Å². The first-order valence-corrected chi connectivity index (χ1v) is 10.0. The van der Waals surface area contributed by atoms with E-state index in [2.05, 4.69) is 10.3 Å². The van der Waals surface area contributed by atoms with Gasteiger partial charge in [0.2, 0.25) is 0 Å². The van der Waals surface area contributed by atoms with Gasteiger partial charge in [-0.1, -0.05) is 12.1 Å². The van der Waals surface area contributed by atoms with E-state index in [1.54, 1.807) is 18.2 Å². The van der Waals surface area contributed by atoms with Crippen molar-refractivity contribution in [2.45, 2.75) is 13.8 Å². The van der Waals surface area contributed by atoms with Crippen LogP contribution in [0.5, 0.6) is 0 Å². The van der Waals surface area contributed by atoms with Gasteiger partial charge in [0.05, 0.1) is 15.5 Å². The Bertz CT molecular complexity index is 1210. The average molecular weight is 418 g/mol. The van der Waals surface area contributed by atoms with Crippen LogP contribution in [0.1, 0.15) is 16.8 Å². The molecule has 1 fully saturated rings. The van der Waals surface area contributed by atoms with Crippen molar-refractivity contribution >= 4 is 40.3 Å². The number of rotatable bonds is 4. The summed E-state index contributed by atoms with van der Waals surface area (Å²) < 4.78 is 1.87. The first-order valence-electron chi connectivity index (χ1n) is 9.20. The van der Waals surface area contributed by atoms with Gasteiger partial charge in [-0.3, -0.25) is 14.9 Å². The van der Waals surface area contributed by atoms with E-state index in [4.69, 9.17) is 0 Å². The molecule has 1 saturated heterocycles. The maximum absolute atomic E-state index is 12.5. The molecule has 2 aromatic carbocycles. The lowest BCUT2D eigenvalue weighted by Crippen LogP contribution is -2.19. The molecule has 1 aromatic heterocycles. The van der Waals surface area contributed by atoms with E-state index >= 15 is 0 Å². The van der Waals surface area contributed by atoms with E-state index in [1.165, 1.54) is 23.9 Å². The molecule has 7 nitrogen and oxygen atoms in total. The van der Waals surface area contributed by atoms with Crippen LogP contribution in [0.4, 0.5) is 11.4 Å². The summed E-state index contributed by atoms with van der Waals surface area (Å²) in [6, 6.07) is 16.0. The zero-order chi connectivity index (χ0) is 21.3. The fraction of sp³-hybridized carbons (Fsp3) is 0.0909. The van der Waals surface area contributed by atoms with Gasteiger partial charge in [0, 0.05) is 29.7 Å². The third-order valence-corrected chi connectivity index (χ3v) is 5.55. The molecule has 8 heteroatoms. The highest BCUT2D eigenvalue weighted by atomic mass is 32.2. The van der Waals surface area contributed by atoms with Crippen LogP contribution in [-0.2, 0) is 4.79 Å². The zero-order valence-electron chi connectivity index (χ0n) is 16.3. The summed E-state index contributed by atoms with van der Waals surface area (Å²) in [4.78, 5) is 28.0. The normalized spacial score (nSPS) is 16.3. The molecule has 0 aliphatic carbocycles. The van der Waals surface area contributed by atoms with Crippen molar-refractivity contribution < 1.29 is 9.72 Å². The average Bonchev–Trinajstić information content (AvgIpc) is 3.31. The summed E-state index contributed by atoms with van der Waals surface area (Å²) in [5.41, 5.74) is 4.55. The Labute approximate surface area is 177 Å². The number of aryl methyl sites for hydroxylation is 2. The molecule has 1 aliphatic heterocycles. The number of carbonyl (C=O) groups excluding carboxylic acids is 1. The molecule has 0 radical (unpaired) electrons. The van der Waals surface area contributed by atoms with Crippen LogP contribution in [0.2, 0.25) is 0 Å². The van der Waals surface area contributed by atoms with Crippen LogP contribution in [-0.4, -0.2) is 20.6 Å². The molecule has 0 spiro atoms. The third kappa shape index (κ3) is 4.04. The molecule has 0 unspecified atom stereocenters. The first-order chi connectivity index (χ1) is 14.4. The van der Waals surface area contributed by atoms with Crippen molar-refractivity contribution in [1.29, 1.82) is 0 Å². The lowest BCUT2D eigenvalue weighted by molar-refractivity contribution is -0.384. The number of amides is 1. The van der Waals surface area contributed by atoms with Gasteiger partial charge < -0.3 is 9.88 Å². The number of nitrogens with one attached hydrogen (secondary N) is 1. The summed E-state index contributed by atoms with van der Waals surface area (Å²) in [5, 5.41) is 14.2. The van der Waals surface area contributed by atoms with Crippen molar-refractivity contribution in [3.8, 4) is 5.69 Å². The van der Waals surface area contributed by atoms with Crippen molar-refractivity contribution in [2.24, 2.45) is 4.99 Å².